The second kappa shape index (κ2) is 11.3. The maximum atomic E-state index is 12.0. The van der Waals surface area contributed by atoms with Crippen molar-refractivity contribution in [3.8, 4) is 0 Å². The van der Waals surface area contributed by atoms with E-state index >= 15 is 0 Å². The van der Waals surface area contributed by atoms with Gasteiger partial charge in [0.1, 0.15) is 5.70 Å². The first-order chi connectivity index (χ1) is 14.0. The van der Waals surface area contributed by atoms with E-state index in [0.29, 0.717) is 18.1 Å². The minimum Gasteiger partial charge on any atom is -0.393 e. The zero-order valence-electron chi connectivity index (χ0n) is 16.3. The average Bonchev–Trinajstić information content (AvgIpc) is 2.72. The van der Waals surface area contributed by atoms with E-state index in [4.69, 9.17) is 11.6 Å². The molecular weight excluding hydrogens is 372 g/mol. The number of nitrogens with one attached hydrogen (secondary N) is 2. The fourth-order valence-corrected chi connectivity index (χ4v) is 2.46. The first kappa shape index (κ1) is 21.8. The number of rotatable bonds is 10. The lowest BCUT2D eigenvalue weighted by molar-refractivity contribution is -0.117. The van der Waals surface area contributed by atoms with Crippen LogP contribution in [-0.2, 0) is 22.4 Å². The molecule has 0 saturated heterocycles. The average molecular weight is 398 g/mol. The van der Waals surface area contributed by atoms with Crippen molar-refractivity contribution < 1.29 is 9.59 Å². The summed E-state index contributed by atoms with van der Waals surface area (Å²) >= 11 is 0. The van der Waals surface area contributed by atoms with Gasteiger partial charge in [0.05, 0.1) is 12.1 Å². The number of unbranched alkanes of at least 4 members (excludes halogenated alkanes) is 1. The van der Waals surface area contributed by atoms with Crippen molar-refractivity contribution in [2.75, 3.05) is 18.9 Å². The van der Waals surface area contributed by atoms with Gasteiger partial charge < -0.3 is 21.4 Å². The van der Waals surface area contributed by atoms with E-state index in [2.05, 4.69) is 25.8 Å². The fourth-order valence-electron chi connectivity index (χ4n) is 2.46. The molecule has 0 aliphatic rings. The van der Waals surface area contributed by atoms with E-state index < -0.39 is 0 Å². The highest BCUT2D eigenvalue weighted by Gasteiger charge is 2.07. The Bertz CT molecular complexity index is 824. The Labute approximate surface area is 169 Å². The SMILES string of the molecule is CNC(=O)/C(N)=C/N(N)CCCCc1ccc(NC(=O)Cc2ccccn2)nn1. The molecule has 0 atom stereocenters. The second-order valence-electron chi connectivity index (χ2n) is 6.31. The van der Waals surface area contributed by atoms with Crippen LogP contribution in [0.15, 0.2) is 48.4 Å². The lowest BCUT2D eigenvalue weighted by Gasteiger charge is -2.14. The monoisotopic (exact) mass is 398 g/mol. The topological polar surface area (TPSA) is 152 Å². The predicted octanol–water partition coefficient (Wildman–Crippen LogP) is 0.0973. The van der Waals surface area contributed by atoms with Gasteiger partial charge in [0.25, 0.3) is 5.91 Å². The number of likely N-dealkylation sites (N-methyl/N-ethyl adjacent to an activating group) is 1. The molecule has 0 bridgehead atoms. The van der Waals surface area contributed by atoms with E-state index in [1.54, 1.807) is 24.4 Å². The summed E-state index contributed by atoms with van der Waals surface area (Å²) in [6.07, 6.45) is 5.57. The smallest absolute Gasteiger partial charge is 0.268 e. The lowest BCUT2D eigenvalue weighted by Crippen LogP contribution is -2.32. The molecule has 2 aromatic rings. The van der Waals surface area contributed by atoms with Gasteiger partial charge in [0.15, 0.2) is 5.82 Å². The first-order valence-electron chi connectivity index (χ1n) is 9.21. The Morgan fingerprint density at radius 1 is 1.14 bits per heavy atom. The molecule has 154 valence electrons. The maximum absolute atomic E-state index is 12.0. The van der Waals surface area contributed by atoms with Crippen LogP contribution in [-0.4, -0.2) is 45.6 Å². The summed E-state index contributed by atoms with van der Waals surface area (Å²) in [5.41, 5.74) is 7.15. The van der Waals surface area contributed by atoms with E-state index in [0.717, 1.165) is 25.0 Å². The summed E-state index contributed by atoms with van der Waals surface area (Å²) in [4.78, 5) is 27.4. The number of hydrogen-bond acceptors (Lipinski definition) is 8. The Kier molecular flexibility index (Phi) is 8.51. The summed E-state index contributed by atoms with van der Waals surface area (Å²) in [7, 11) is 1.50. The Hall–Kier alpha value is -3.53. The summed E-state index contributed by atoms with van der Waals surface area (Å²) < 4.78 is 0. The van der Waals surface area contributed by atoms with Crippen LogP contribution in [0, 0.1) is 0 Å². The molecule has 29 heavy (non-hydrogen) atoms. The van der Waals surface area contributed by atoms with Gasteiger partial charge in [-0.05, 0) is 43.5 Å². The zero-order chi connectivity index (χ0) is 21.1. The number of nitrogens with two attached hydrogens (primary N) is 2. The minimum atomic E-state index is -0.372. The highest BCUT2D eigenvalue weighted by atomic mass is 16.2. The quantitative estimate of drug-likeness (QED) is 0.190. The van der Waals surface area contributed by atoms with Gasteiger partial charge in [-0.2, -0.15) is 5.10 Å². The van der Waals surface area contributed by atoms with Crippen LogP contribution in [0.25, 0.3) is 0 Å². The maximum Gasteiger partial charge on any atom is 0.268 e. The van der Waals surface area contributed by atoms with Crippen LogP contribution in [0.5, 0.6) is 0 Å². The Morgan fingerprint density at radius 2 is 1.97 bits per heavy atom. The predicted molar refractivity (Wildman–Crippen MR) is 109 cm³/mol. The van der Waals surface area contributed by atoms with Crippen LogP contribution in [0.3, 0.4) is 0 Å². The molecule has 0 aliphatic heterocycles. The largest absolute Gasteiger partial charge is 0.393 e. The number of carbonyl (C=O) groups excluding carboxylic acids is 2. The number of anilines is 1. The number of pyridine rings is 1. The summed E-state index contributed by atoms with van der Waals surface area (Å²) in [6.45, 7) is 0.548. The highest BCUT2D eigenvalue weighted by Crippen LogP contribution is 2.07. The molecule has 0 aliphatic carbocycles. The van der Waals surface area contributed by atoms with Crippen LogP contribution in [0.1, 0.15) is 24.2 Å². The molecule has 2 rings (SSSR count). The molecule has 10 nitrogen and oxygen atoms in total. The van der Waals surface area contributed by atoms with Crippen molar-refractivity contribution >= 4 is 17.6 Å². The molecule has 0 aromatic carbocycles. The van der Waals surface area contributed by atoms with E-state index in [1.807, 2.05) is 12.1 Å². The van der Waals surface area contributed by atoms with Crippen LogP contribution < -0.4 is 22.2 Å². The van der Waals surface area contributed by atoms with Gasteiger partial charge in [-0.15, -0.1) is 5.10 Å². The molecule has 6 N–H and O–H groups in total. The number of aromatic nitrogens is 3. The van der Waals surface area contributed by atoms with Gasteiger partial charge in [0, 0.05) is 31.7 Å². The molecule has 2 amide bonds. The van der Waals surface area contributed by atoms with E-state index in [9.17, 15) is 9.59 Å². The molecule has 0 unspecified atom stereocenters. The lowest BCUT2D eigenvalue weighted by atomic mass is 10.2. The van der Waals surface area contributed by atoms with Crippen molar-refractivity contribution in [2.45, 2.75) is 25.7 Å². The number of aryl methyl sites for hydroxylation is 1. The number of hydrogen-bond donors (Lipinski definition) is 4. The van der Waals surface area contributed by atoms with Crippen molar-refractivity contribution in [2.24, 2.45) is 11.6 Å². The number of amides is 2. The van der Waals surface area contributed by atoms with Gasteiger partial charge in [-0.1, -0.05) is 6.07 Å². The van der Waals surface area contributed by atoms with Gasteiger partial charge in [-0.3, -0.25) is 14.6 Å². The van der Waals surface area contributed by atoms with Crippen LogP contribution in [0.4, 0.5) is 5.82 Å². The van der Waals surface area contributed by atoms with Crippen molar-refractivity contribution in [3.05, 3.63) is 59.8 Å². The third-order valence-electron chi connectivity index (χ3n) is 3.95. The molecule has 10 heteroatoms. The number of nitrogens with zero attached hydrogens (tertiary/aromatic N) is 4. The normalized spacial score (nSPS) is 11.0. The van der Waals surface area contributed by atoms with Crippen LogP contribution >= 0.6 is 0 Å². The van der Waals surface area contributed by atoms with Gasteiger partial charge in [0.2, 0.25) is 5.91 Å². The Balaban J connectivity index is 1.71. The summed E-state index contributed by atoms with van der Waals surface area (Å²) in [5, 5.41) is 14.7. The van der Waals surface area contributed by atoms with Gasteiger partial charge in [-0.25, -0.2) is 5.84 Å². The molecule has 2 heterocycles. The molecule has 0 fully saturated rings. The molecule has 0 saturated carbocycles. The zero-order valence-corrected chi connectivity index (χ0v) is 16.3. The second-order valence-corrected chi connectivity index (χ2v) is 6.31. The van der Waals surface area contributed by atoms with Crippen molar-refractivity contribution in [1.29, 1.82) is 0 Å². The summed E-state index contributed by atoms with van der Waals surface area (Å²) in [5.74, 6) is 5.62. The summed E-state index contributed by atoms with van der Waals surface area (Å²) in [6, 6.07) is 8.97. The van der Waals surface area contributed by atoms with E-state index in [1.165, 1.54) is 18.3 Å². The number of carbonyl (C=O) groups is 2. The molecule has 0 spiro atoms. The van der Waals surface area contributed by atoms with Gasteiger partial charge >= 0.3 is 0 Å². The van der Waals surface area contributed by atoms with E-state index in [-0.39, 0.29) is 23.9 Å². The third kappa shape index (κ3) is 7.93. The van der Waals surface area contributed by atoms with Crippen molar-refractivity contribution in [3.63, 3.8) is 0 Å². The fraction of sp³-hybridized carbons (Fsp3) is 0.316. The Morgan fingerprint density at radius 3 is 2.62 bits per heavy atom. The number of hydrazine groups is 1. The molecular formula is C19H26N8O2. The molecule has 0 radical (unpaired) electrons. The molecule has 2 aromatic heterocycles. The third-order valence-corrected chi connectivity index (χ3v) is 3.95. The standard InChI is InChI=1S/C19H26N8O2/c1-22-19(29)16(20)13-27(21)11-5-3-6-14-8-9-17(26-25-14)24-18(28)12-15-7-2-4-10-23-15/h2,4,7-10,13H,3,5-6,11-12,20-21H2,1H3,(H,22,29)(H,24,26,28)/b16-13-. The van der Waals surface area contributed by atoms with Crippen LogP contribution in [0.2, 0.25) is 0 Å². The highest BCUT2D eigenvalue weighted by molar-refractivity contribution is 5.92. The first-order valence-corrected chi connectivity index (χ1v) is 9.21. The minimum absolute atomic E-state index is 0.0570. The van der Waals surface area contributed by atoms with Crippen molar-refractivity contribution in [1.82, 2.24) is 25.5 Å².